The molecule has 1 unspecified atom stereocenters. The van der Waals surface area contributed by atoms with E-state index in [0.717, 1.165) is 26.1 Å². The molecule has 88 valence electrons. The van der Waals surface area contributed by atoms with Crippen LogP contribution in [0.15, 0.2) is 0 Å². The molecule has 0 saturated carbocycles. The van der Waals surface area contributed by atoms with E-state index in [4.69, 9.17) is 4.74 Å². The second kappa shape index (κ2) is 5.47. The van der Waals surface area contributed by atoms with Gasteiger partial charge in [0, 0.05) is 25.3 Å². The maximum atomic E-state index is 11.2. The molecule has 0 spiro atoms. The first-order chi connectivity index (χ1) is 7.07. The van der Waals surface area contributed by atoms with Crippen molar-refractivity contribution < 1.29 is 14.3 Å². The molecular weight excluding hydrogens is 194 g/mol. The number of rotatable bonds is 4. The highest BCUT2D eigenvalue weighted by atomic mass is 16.5. The monoisotopic (exact) mass is 215 g/mol. The maximum absolute atomic E-state index is 11.2. The summed E-state index contributed by atoms with van der Waals surface area (Å²) in [4.78, 5) is 11.2. The minimum absolute atomic E-state index is 0.0883. The van der Waals surface area contributed by atoms with Crippen molar-refractivity contribution >= 4 is 5.97 Å². The fourth-order valence-electron chi connectivity index (χ4n) is 1.68. The Morgan fingerprint density at radius 2 is 2.13 bits per heavy atom. The lowest BCUT2D eigenvalue weighted by molar-refractivity contribution is -0.144. The summed E-state index contributed by atoms with van der Waals surface area (Å²) in [6.07, 6.45) is 2.00. The highest BCUT2D eigenvalue weighted by molar-refractivity contribution is 5.72. The molecule has 1 N–H and O–H groups in total. The molecule has 4 nitrogen and oxygen atoms in total. The third-order valence-corrected chi connectivity index (χ3v) is 3.03. The summed E-state index contributed by atoms with van der Waals surface area (Å²) in [6.45, 7) is 6.33. The third-order valence-electron chi connectivity index (χ3n) is 3.03. The molecule has 1 heterocycles. The zero-order valence-corrected chi connectivity index (χ0v) is 9.84. The molecule has 1 aliphatic rings. The summed E-state index contributed by atoms with van der Waals surface area (Å²) in [5.41, 5.74) is 0.112. The molecule has 0 aromatic heterocycles. The summed E-state index contributed by atoms with van der Waals surface area (Å²) in [5.74, 6) is -0.243. The number of ether oxygens (including phenoxy) is 2. The largest absolute Gasteiger partial charge is 0.469 e. The van der Waals surface area contributed by atoms with Crippen LogP contribution in [0.1, 0.15) is 26.7 Å². The number of methoxy groups -OCH3 is 1. The van der Waals surface area contributed by atoms with Crippen molar-refractivity contribution in [3.63, 3.8) is 0 Å². The zero-order valence-electron chi connectivity index (χ0n) is 9.84. The average Bonchev–Trinajstić information content (AvgIpc) is 2.26. The number of carbonyl (C=O) groups excluding carboxylic acids is 1. The Balaban J connectivity index is 2.31. The molecule has 0 bridgehead atoms. The van der Waals surface area contributed by atoms with Crippen molar-refractivity contribution in [2.75, 3.05) is 26.9 Å². The van der Waals surface area contributed by atoms with Gasteiger partial charge in [0.05, 0.1) is 13.0 Å². The molecule has 4 heteroatoms. The SMILES string of the molecule is COC(=O)C(C)CNC1(C)CCOCC1. The highest BCUT2D eigenvalue weighted by Crippen LogP contribution is 2.19. The summed E-state index contributed by atoms with van der Waals surface area (Å²) < 4.78 is 9.99. The van der Waals surface area contributed by atoms with Crippen molar-refractivity contribution in [1.82, 2.24) is 5.32 Å². The first kappa shape index (κ1) is 12.5. The van der Waals surface area contributed by atoms with Gasteiger partial charge in [-0.15, -0.1) is 0 Å². The summed E-state index contributed by atoms with van der Waals surface area (Å²) in [6, 6.07) is 0. The normalized spacial score (nSPS) is 22.1. The third kappa shape index (κ3) is 3.80. The van der Waals surface area contributed by atoms with Gasteiger partial charge in [-0.25, -0.2) is 0 Å². The van der Waals surface area contributed by atoms with Gasteiger partial charge in [-0.2, -0.15) is 0 Å². The van der Waals surface area contributed by atoms with E-state index in [1.807, 2.05) is 6.92 Å². The van der Waals surface area contributed by atoms with E-state index in [9.17, 15) is 4.79 Å². The van der Waals surface area contributed by atoms with Gasteiger partial charge in [-0.1, -0.05) is 6.92 Å². The Labute approximate surface area is 91.3 Å². The lowest BCUT2D eigenvalue weighted by Crippen LogP contribution is -2.49. The lowest BCUT2D eigenvalue weighted by atomic mass is 9.92. The van der Waals surface area contributed by atoms with Crippen molar-refractivity contribution in [3.05, 3.63) is 0 Å². The van der Waals surface area contributed by atoms with Crippen LogP contribution in [0.2, 0.25) is 0 Å². The van der Waals surface area contributed by atoms with Crippen molar-refractivity contribution in [2.24, 2.45) is 5.92 Å². The number of nitrogens with one attached hydrogen (secondary N) is 1. The minimum atomic E-state index is -0.154. The first-order valence-corrected chi connectivity index (χ1v) is 5.48. The van der Waals surface area contributed by atoms with E-state index in [0.29, 0.717) is 6.54 Å². The molecule has 1 saturated heterocycles. The molecule has 0 aliphatic carbocycles. The van der Waals surface area contributed by atoms with Crippen LogP contribution < -0.4 is 5.32 Å². The molecule has 1 atom stereocenters. The van der Waals surface area contributed by atoms with Crippen LogP contribution >= 0.6 is 0 Å². The predicted molar refractivity (Wildman–Crippen MR) is 57.6 cm³/mol. The van der Waals surface area contributed by atoms with Gasteiger partial charge < -0.3 is 14.8 Å². The quantitative estimate of drug-likeness (QED) is 0.709. The predicted octanol–water partition coefficient (Wildman–Crippen LogP) is 0.954. The maximum Gasteiger partial charge on any atom is 0.309 e. The standard InChI is InChI=1S/C11H21NO3/c1-9(10(13)14-3)8-12-11(2)4-6-15-7-5-11/h9,12H,4-8H2,1-3H3. The van der Waals surface area contributed by atoms with Crippen LogP contribution in [0.5, 0.6) is 0 Å². The van der Waals surface area contributed by atoms with E-state index < -0.39 is 0 Å². The van der Waals surface area contributed by atoms with Gasteiger partial charge in [0.25, 0.3) is 0 Å². The molecule has 0 amide bonds. The molecule has 0 aromatic rings. The fourth-order valence-corrected chi connectivity index (χ4v) is 1.68. The molecule has 0 aromatic carbocycles. The molecule has 1 aliphatic heterocycles. The summed E-state index contributed by atoms with van der Waals surface area (Å²) in [5, 5.41) is 3.43. The zero-order chi connectivity index (χ0) is 11.3. The van der Waals surface area contributed by atoms with Crippen LogP contribution in [0.4, 0.5) is 0 Å². The number of esters is 1. The smallest absolute Gasteiger partial charge is 0.309 e. The number of carbonyl (C=O) groups is 1. The Bertz CT molecular complexity index is 212. The van der Waals surface area contributed by atoms with E-state index in [1.54, 1.807) is 0 Å². The van der Waals surface area contributed by atoms with Crippen LogP contribution in [0, 0.1) is 5.92 Å². The molecule has 0 radical (unpaired) electrons. The van der Waals surface area contributed by atoms with E-state index >= 15 is 0 Å². The van der Waals surface area contributed by atoms with Crippen LogP contribution in [-0.4, -0.2) is 38.4 Å². The summed E-state index contributed by atoms with van der Waals surface area (Å²) in [7, 11) is 1.43. The van der Waals surface area contributed by atoms with Crippen molar-refractivity contribution in [2.45, 2.75) is 32.2 Å². The molecular formula is C11H21NO3. The Morgan fingerprint density at radius 1 is 1.53 bits per heavy atom. The average molecular weight is 215 g/mol. The van der Waals surface area contributed by atoms with Gasteiger partial charge in [-0.05, 0) is 19.8 Å². The fraction of sp³-hybridized carbons (Fsp3) is 0.909. The number of hydrogen-bond donors (Lipinski definition) is 1. The van der Waals surface area contributed by atoms with Gasteiger partial charge in [0.15, 0.2) is 0 Å². The molecule has 1 rings (SSSR count). The van der Waals surface area contributed by atoms with Gasteiger partial charge >= 0.3 is 5.97 Å². The van der Waals surface area contributed by atoms with E-state index in [1.165, 1.54) is 7.11 Å². The van der Waals surface area contributed by atoms with Gasteiger partial charge in [-0.3, -0.25) is 4.79 Å². The second-order valence-electron chi connectivity index (χ2n) is 4.48. The van der Waals surface area contributed by atoms with Crippen molar-refractivity contribution in [1.29, 1.82) is 0 Å². The minimum Gasteiger partial charge on any atom is -0.469 e. The van der Waals surface area contributed by atoms with Crippen LogP contribution in [0.3, 0.4) is 0 Å². The second-order valence-corrected chi connectivity index (χ2v) is 4.48. The molecule has 1 fully saturated rings. The van der Waals surface area contributed by atoms with Crippen molar-refractivity contribution in [3.8, 4) is 0 Å². The topological polar surface area (TPSA) is 47.6 Å². The van der Waals surface area contributed by atoms with Crippen LogP contribution in [0.25, 0.3) is 0 Å². The summed E-state index contributed by atoms with van der Waals surface area (Å²) >= 11 is 0. The Hall–Kier alpha value is -0.610. The van der Waals surface area contributed by atoms with E-state index in [-0.39, 0.29) is 17.4 Å². The number of hydrogen-bond acceptors (Lipinski definition) is 4. The van der Waals surface area contributed by atoms with Gasteiger partial charge in [0.2, 0.25) is 0 Å². The highest BCUT2D eigenvalue weighted by Gasteiger charge is 2.27. The molecule has 15 heavy (non-hydrogen) atoms. The first-order valence-electron chi connectivity index (χ1n) is 5.48. The Kier molecular flexibility index (Phi) is 4.54. The van der Waals surface area contributed by atoms with Crippen LogP contribution in [-0.2, 0) is 14.3 Å². The van der Waals surface area contributed by atoms with E-state index in [2.05, 4.69) is 17.0 Å². The lowest BCUT2D eigenvalue weighted by Gasteiger charge is -2.35. The Morgan fingerprint density at radius 3 is 2.67 bits per heavy atom. The van der Waals surface area contributed by atoms with Gasteiger partial charge in [0.1, 0.15) is 0 Å².